The lowest BCUT2D eigenvalue weighted by Crippen LogP contribution is -2.46. The third-order valence-electron chi connectivity index (χ3n) is 2.96. The van der Waals surface area contributed by atoms with Gasteiger partial charge in [-0.05, 0) is 40.2 Å². The molecule has 0 atom stereocenters. The minimum absolute atomic E-state index is 0.268. The van der Waals surface area contributed by atoms with Gasteiger partial charge in [-0.3, -0.25) is 25.2 Å². The molecule has 24 heavy (non-hydrogen) atoms. The molecular formula is C16H13BrClN3O3. The highest BCUT2D eigenvalue weighted by atomic mass is 79.9. The van der Waals surface area contributed by atoms with Gasteiger partial charge < -0.3 is 5.32 Å². The van der Waals surface area contributed by atoms with Crippen molar-refractivity contribution >= 4 is 45.3 Å². The molecule has 3 amide bonds. The summed E-state index contributed by atoms with van der Waals surface area (Å²) >= 11 is 9.14. The van der Waals surface area contributed by atoms with Crippen LogP contribution in [0.2, 0.25) is 5.02 Å². The van der Waals surface area contributed by atoms with Crippen LogP contribution >= 0.6 is 27.5 Å². The highest BCUT2D eigenvalue weighted by molar-refractivity contribution is 9.10. The predicted molar refractivity (Wildman–Crippen MR) is 93.5 cm³/mol. The molecule has 8 heteroatoms. The second-order valence-corrected chi connectivity index (χ2v) is 5.91. The summed E-state index contributed by atoms with van der Waals surface area (Å²) in [5.74, 6) is -1.53. The van der Waals surface area contributed by atoms with Gasteiger partial charge in [0.1, 0.15) is 0 Å². The second kappa shape index (κ2) is 8.47. The summed E-state index contributed by atoms with van der Waals surface area (Å²) in [4.78, 5) is 35.5. The van der Waals surface area contributed by atoms with Crippen molar-refractivity contribution in [2.24, 2.45) is 0 Å². The van der Waals surface area contributed by atoms with Crippen LogP contribution in [0.5, 0.6) is 0 Å². The Morgan fingerprint density at radius 3 is 2.17 bits per heavy atom. The van der Waals surface area contributed by atoms with Crippen LogP contribution in [0.4, 0.5) is 0 Å². The van der Waals surface area contributed by atoms with E-state index in [-0.39, 0.29) is 17.1 Å². The molecule has 2 rings (SSSR count). The summed E-state index contributed by atoms with van der Waals surface area (Å²) in [7, 11) is 0. The maximum atomic E-state index is 11.9. The van der Waals surface area contributed by atoms with E-state index in [1.54, 1.807) is 48.5 Å². The molecule has 0 heterocycles. The fraction of sp³-hybridized carbons (Fsp3) is 0.0625. The van der Waals surface area contributed by atoms with Crippen molar-refractivity contribution < 1.29 is 14.4 Å². The number of nitrogens with one attached hydrogen (secondary N) is 3. The van der Waals surface area contributed by atoms with Crippen LogP contribution in [0.25, 0.3) is 0 Å². The van der Waals surface area contributed by atoms with Crippen molar-refractivity contribution in [3.8, 4) is 0 Å². The van der Waals surface area contributed by atoms with E-state index in [4.69, 9.17) is 11.6 Å². The van der Waals surface area contributed by atoms with Crippen molar-refractivity contribution in [2.45, 2.75) is 0 Å². The van der Waals surface area contributed by atoms with Crippen LogP contribution < -0.4 is 16.2 Å². The summed E-state index contributed by atoms with van der Waals surface area (Å²) in [5.41, 5.74) is 5.13. The normalized spacial score (nSPS) is 9.92. The summed E-state index contributed by atoms with van der Waals surface area (Å²) < 4.78 is 0.601. The highest BCUT2D eigenvalue weighted by Gasteiger charge is 2.13. The molecule has 0 aliphatic carbocycles. The zero-order valence-corrected chi connectivity index (χ0v) is 14.6. The molecule has 0 saturated heterocycles. The van der Waals surface area contributed by atoms with Crippen LogP contribution in [0.15, 0.2) is 53.0 Å². The molecule has 3 N–H and O–H groups in total. The third-order valence-corrected chi connectivity index (χ3v) is 3.98. The lowest BCUT2D eigenvalue weighted by Gasteiger charge is -2.09. The molecule has 0 aliphatic heterocycles. The molecular weight excluding hydrogens is 398 g/mol. The Bertz CT molecular complexity index is 719. The quantitative estimate of drug-likeness (QED) is 0.676. The molecule has 2 aromatic rings. The molecule has 0 bridgehead atoms. The average Bonchev–Trinajstić information content (AvgIpc) is 2.58. The highest BCUT2D eigenvalue weighted by Crippen LogP contribution is 2.15. The van der Waals surface area contributed by atoms with Gasteiger partial charge in [0.2, 0.25) is 0 Å². The molecule has 0 fully saturated rings. The van der Waals surface area contributed by atoms with Gasteiger partial charge in [-0.15, -0.1) is 0 Å². The van der Waals surface area contributed by atoms with E-state index in [9.17, 15) is 14.4 Å². The standard InChI is InChI=1S/C16H13BrClN3O3/c17-12-7-3-1-5-10(12)16(24)21-20-14(22)9-19-15(23)11-6-2-4-8-13(11)18/h1-8H,9H2,(H,19,23)(H,20,22)(H,21,24). The van der Waals surface area contributed by atoms with Crippen LogP contribution in [-0.2, 0) is 4.79 Å². The number of halogens is 2. The number of benzene rings is 2. The van der Waals surface area contributed by atoms with Crippen molar-refractivity contribution in [3.05, 3.63) is 69.2 Å². The predicted octanol–water partition coefficient (Wildman–Crippen LogP) is 2.29. The first-order chi connectivity index (χ1) is 11.5. The number of amides is 3. The fourth-order valence-electron chi connectivity index (χ4n) is 1.78. The van der Waals surface area contributed by atoms with Crippen LogP contribution in [-0.4, -0.2) is 24.3 Å². The number of hydrogen-bond acceptors (Lipinski definition) is 3. The van der Waals surface area contributed by atoms with Crippen molar-refractivity contribution in [2.75, 3.05) is 6.54 Å². The van der Waals surface area contributed by atoms with Gasteiger partial charge in [0.15, 0.2) is 0 Å². The molecule has 0 unspecified atom stereocenters. The summed E-state index contributed by atoms with van der Waals surface area (Å²) in [6.07, 6.45) is 0. The molecule has 2 aromatic carbocycles. The van der Waals surface area contributed by atoms with Gasteiger partial charge in [-0.1, -0.05) is 35.9 Å². The van der Waals surface area contributed by atoms with E-state index in [1.807, 2.05) is 0 Å². The molecule has 0 saturated carbocycles. The van der Waals surface area contributed by atoms with E-state index in [0.717, 1.165) is 0 Å². The van der Waals surface area contributed by atoms with Crippen LogP contribution in [0.1, 0.15) is 20.7 Å². The fourth-order valence-corrected chi connectivity index (χ4v) is 2.47. The monoisotopic (exact) mass is 409 g/mol. The minimum Gasteiger partial charge on any atom is -0.343 e. The van der Waals surface area contributed by atoms with E-state index in [2.05, 4.69) is 32.1 Å². The first-order valence-corrected chi connectivity index (χ1v) is 8.02. The zero-order valence-electron chi connectivity index (χ0n) is 12.3. The molecule has 0 radical (unpaired) electrons. The van der Waals surface area contributed by atoms with Crippen molar-refractivity contribution in [1.82, 2.24) is 16.2 Å². The summed E-state index contributed by atoms with van der Waals surface area (Å²) in [5, 5.41) is 2.71. The Morgan fingerprint density at radius 1 is 0.875 bits per heavy atom. The van der Waals surface area contributed by atoms with Gasteiger partial charge in [-0.25, -0.2) is 0 Å². The topological polar surface area (TPSA) is 87.3 Å². The van der Waals surface area contributed by atoms with Gasteiger partial charge in [0.25, 0.3) is 17.7 Å². The molecule has 6 nitrogen and oxygen atoms in total. The number of hydrazine groups is 1. The number of carbonyl (C=O) groups excluding carboxylic acids is 3. The Kier molecular flexibility index (Phi) is 6.34. The lowest BCUT2D eigenvalue weighted by molar-refractivity contribution is -0.120. The number of rotatable bonds is 4. The van der Waals surface area contributed by atoms with E-state index >= 15 is 0 Å². The third kappa shape index (κ3) is 4.81. The average molecular weight is 411 g/mol. The Morgan fingerprint density at radius 2 is 1.50 bits per heavy atom. The lowest BCUT2D eigenvalue weighted by atomic mass is 10.2. The maximum Gasteiger partial charge on any atom is 0.270 e. The largest absolute Gasteiger partial charge is 0.343 e. The van der Waals surface area contributed by atoms with E-state index in [1.165, 1.54) is 0 Å². The van der Waals surface area contributed by atoms with Gasteiger partial charge in [0, 0.05) is 4.47 Å². The Balaban J connectivity index is 1.82. The van der Waals surface area contributed by atoms with Crippen molar-refractivity contribution in [3.63, 3.8) is 0 Å². The summed E-state index contributed by atoms with van der Waals surface area (Å²) in [6, 6.07) is 13.3. The first-order valence-electron chi connectivity index (χ1n) is 6.85. The Labute approximate surface area is 151 Å². The SMILES string of the molecule is O=C(CNC(=O)c1ccccc1Cl)NNC(=O)c1ccccc1Br. The first kappa shape index (κ1) is 18.0. The Hall–Kier alpha value is -2.38. The zero-order chi connectivity index (χ0) is 17.5. The minimum atomic E-state index is -0.573. The second-order valence-electron chi connectivity index (χ2n) is 4.64. The van der Waals surface area contributed by atoms with Crippen LogP contribution in [0, 0.1) is 0 Å². The van der Waals surface area contributed by atoms with E-state index < -0.39 is 17.7 Å². The van der Waals surface area contributed by atoms with Gasteiger partial charge in [0.05, 0.1) is 22.7 Å². The molecule has 0 aromatic heterocycles. The molecule has 124 valence electrons. The van der Waals surface area contributed by atoms with Gasteiger partial charge in [-0.2, -0.15) is 0 Å². The summed E-state index contributed by atoms with van der Waals surface area (Å²) in [6.45, 7) is -0.305. The molecule has 0 aliphatic rings. The van der Waals surface area contributed by atoms with Crippen molar-refractivity contribution in [1.29, 1.82) is 0 Å². The van der Waals surface area contributed by atoms with E-state index in [0.29, 0.717) is 10.0 Å². The smallest absolute Gasteiger partial charge is 0.270 e. The maximum absolute atomic E-state index is 11.9. The van der Waals surface area contributed by atoms with Gasteiger partial charge >= 0.3 is 0 Å². The molecule has 0 spiro atoms. The van der Waals surface area contributed by atoms with Crippen LogP contribution in [0.3, 0.4) is 0 Å². The number of hydrogen-bond donors (Lipinski definition) is 3. The number of carbonyl (C=O) groups is 3.